The molecule has 0 aliphatic carbocycles. The van der Waals surface area contributed by atoms with Gasteiger partial charge in [0.05, 0.1) is 12.1 Å². The molecule has 1 aliphatic heterocycles. The molecule has 1 aromatic heterocycles. The molecule has 1 unspecified atom stereocenters. The Hall–Kier alpha value is -2.56. The van der Waals surface area contributed by atoms with Crippen LogP contribution in [0.1, 0.15) is 15.9 Å². The molecular weight excluding hydrogens is 256 g/mol. The van der Waals surface area contributed by atoms with Crippen LogP contribution in [0.2, 0.25) is 0 Å². The van der Waals surface area contributed by atoms with Gasteiger partial charge in [-0.15, -0.1) is 0 Å². The Morgan fingerprint density at radius 1 is 1.35 bits per heavy atom. The van der Waals surface area contributed by atoms with Crippen LogP contribution in [0.5, 0.6) is 5.75 Å². The normalized spacial score (nSPS) is 16.3. The number of pyridine rings is 1. The molecule has 3 rings (SSSR count). The molecule has 0 amide bonds. The highest BCUT2D eigenvalue weighted by Gasteiger charge is 2.21. The van der Waals surface area contributed by atoms with Gasteiger partial charge in [-0.1, -0.05) is 18.2 Å². The molecule has 1 atom stereocenters. The van der Waals surface area contributed by atoms with Crippen LogP contribution in [0.25, 0.3) is 0 Å². The summed E-state index contributed by atoms with van der Waals surface area (Å²) in [7, 11) is 0. The summed E-state index contributed by atoms with van der Waals surface area (Å²) in [4.78, 5) is 14.8. The molecular formula is C15H14N2O3. The van der Waals surface area contributed by atoms with Crippen LogP contribution in [0.15, 0.2) is 42.6 Å². The zero-order valence-corrected chi connectivity index (χ0v) is 10.7. The van der Waals surface area contributed by atoms with Crippen molar-refractivity contribution in [1.82, 2.24) is 4.98 Å². The van der Waals surface area contributed by atoms with Gasteiger partial charge >= 0.3 is 5.97 Å². The highest BCUT2D eigenvalue weighted by atomic mass is 16.5. The van der Waals surface area contributed by atoms with Gasteiger partial charge in [-0.05, 0) is 23.8 Å². The molecule has 0 spiro atoms. The number of nitrogens with one attached hydrogen (secondary N) is 1. The van der Waals surface area contributed by atoms with Crippen LogP contribution >= 0.6 is 0 Å². The van der Waals surface area contributed by atoms with Crippen molar-refractivity contribution in [1.29, 1.82) is 0 Å². The minimum Gasteiger partial charge on any atom is -0.488 e. The fourth-order valence-electron chi connectivity index (χ4n) is 2.21. The number of ether oxygens (including phenoxy) is 1. The first-order chi connectivity index (χ1) is 9.72. The summed E-state index contributed by atoms with van der Waals surface area (Å²) in [5, 5.41) is 12.0. The van der Waals surface area contributed by atoms with E-state index >= 15 is 0 Å². The molecule has 0 radical (unpaired) electrons. The first-order valence-electron chi connectivity index (χ1n) is 6.40. The van der Waals surface area contributed by atoms with Crippen molar-refractivity contribution in [3.8, 4) is 5.75 Å². The van der Waals surface area contributed by atoms with Gasteiger partial charge in [-0.25, -0.2) is 9.78 Å². The fraction of sp³-hybridized carbons (Fsp3) is 0.200. The quantitative estimate of drug-likeness (QED) is 0.891. The van der Waals surface area contributed by atoms with Gasteiger partial charge in [0.25, 0.3) is 0 Å². The molecule has 1 aromatic carbocycles. The first-order valence-corrected chi connectivity index (χ1v) is 6.40. The van der Waals surface area contributed by atoms with Crippen molar-refractivity contribution < 1.29 is 14.6 Å². The number of para-hydroxylation sites is 1. The maximum absolute atomic E-state index is 10.7. The van der Waals surface area contributed by atoms with E-state index in [0.717, 1.165) is 12.2 Å². The van der Waals surface area contributed by atoms with Gasteiger partial charge in [0.15, 0.2) is 0 Å². The average molecular weight is 270 g/mol. The zero-order valence-electron chi connectivity index (χ0n) is 10.7. The molecule has 0 saturated carbocycles. The van der Waals surface area contributed by atoms with E-state index in [1.807, 2.05) is 18.2 Å². The molecule has 1 aliphatic rings. The highest BCUT2D eigenvalue weighted by Crippen LogP contribution is 2.28. The molecule has 2 aromatic rings. The van der Waals surface area contributed by atoms with Crippen LogP contribution in [-0.2, 0) is 6.42 Å². The predicted molar refractivity (Wildman–Crippen MR) is 74.2 cm³/mol. The van der Waals surface area contributed by atoms with Crippen LogP contribution in [0, 0.1) is 0 Å². The Labute approximate surface area is 116 Å². The third-order valence-corrected chi connectivity index (χ3v) is 3.24. The standard InChI is InChI=1S/C15H14N2O3/c18-15(19)11-5-6-14(16-8-11)17-9-12-7-10-3-1-2-4-13(10)20-12/h1-6,8,12H,7,9H2,(H,16,17)(H,18,19). The zero-order chi connectivity index (χ0) is 13.9. The molecule has 5 heteroatoms. The highest BCUT2D eigenvalue weighted by molar-refractivity contribution is 5.87. The lowest BCUT2D eigenvalue weighted by molar-refractivity contribution is 0.0696. The number of nitrogens with zero attached hydrogens (tertiary/aromatic N) is 1. The molecule has 20 heavy (non-hydrogen) atoms. The fourth-order valence-corrected chi connectivity index (χ4v) is 2.21. The number of hydrogen-bond donors (Lipinski definition) is 2. The smallest absolute Gasteiger partial charge is 0.337 e. The van der Waals surface area contributed by atoms with E-state index in [1.165, 1.54) is 17.8 Å². The summed E-state index contributed by atoms with van der Waals surface area (Å²) in [5.41, 5.74) is 1.40. The predicted octanol–water partition coefficient (Wildman–Crippen LogP) is 2.20. The van der Waals surface area contributed by atoms with Crippen molar-refractivity contribution >= 4 is 11.8 Å². The molecule has 102 valence electrons. The Morgan fingerprint density at radius 3 is 2.90 bits per heavy atom. The molecule has 0 saturated heterocycles. The van der Waals surface area contributed by atoms with E-state index in [4.69, 9.17) is 9.84 Å². The molecule has 0 fully saturated rings. The third kappa shape index (κ3) is 2.56. The number of benzene rings is 1. The maximum atomic E-state index is 10.7. The number of fused-ring (bicyclic) bond motifs is 1. The number of hydrogen-bond acceptors (Lipinski definition) is 4. The maximum Gasteiger partial charge on any atom is 0.337 e. The average Bonchev–Trinajstić information content (AvgIpc) is 2.88. The number of carboxylic acid groups (broad SMARTS) is 1. The monoisotopic (exact) mass is 270 g/mol. The first kappa shape index (κ1) is 12.5. The minimum absolute atomic E-state index is 0.0772. The second-order valence-electron chi connectivity index (χ2n) is 4.67. The number of aromatic nitrogens is 1. The summed E-state index contributed by atoms with van der Waals surface area (Å²) >= 11 is 0. The molecule has 2 heterocycles. The van der Waals surface area contributed by atoms with Gasteiger partial charge < -0.3 is 15.2 Å². The number of rotatable bonds is 4. The SMILES string of the molecule is O=C(O)c1ccc(NCC2Cc3ccccc3O2)nc1. The van der Waals surface area contributed by atoms with E-state index in [-0.39, 0.29) is 11.7 Å². The van der Waals surface area contributed by atoms with E-state index in [2.05, 4.69) is 16.4 Å². The van der Waals surface area contributed by atoms with E-state index in [9.17, 15) is 4.79 Å². The lowest BCUT2D eigenvalue weighted by Crippen LogP contribution is -2.24. The van der Waals surface area contributed by atoms with Gasteiger partial charge in [0.2, 0.25) is 0 Å². The van der Waals surface area contributed by atoms with Crippen molar-refractivity contribution in [2.24, 2.45) is 0 Å². The minimum atomic E-state index is -0.973. The second-order valence-corrected chi connectivity index (χ2v) is 4.67. The number of anilines is 1. The number of carboxylic acids is 1. The third-order valence-electron chi connectivity index (χ3n) is 3.24. The van der Waals surface area contributed by atoms with Gasteiger partial charge in [0, 0.05) is 12.6 Å². The van der Waals surface area contributed by atoms with Crippen LogP contribution < -0.4 is 10.1 Å². The summed E-state index contributed by atoms with van der Waals surface area (Å²) in [6.07, 6.45) is 2.29. The van der Waals surface area contributed by atoms with E-state index in [0.29, 0.717) is 12.4 Å². The second kappa shape index (κ2) is 5.21. The van der Waals surface area contributed by atoms with E-state index < -0.39 is 5.97 Å². The van der Waals surface area contributed by atoms with Crippen LogP contribution in [0.3, 0.4) is 0 Å². The summed E-state index contributed by atoms with van der Waals surface area (Å²) in [6, 6.07) is 11.2. The lowest BCUT2D eigenvalue weighted by atomic mass is 10.1. The molecule has 0 bridgehead atoms. The topological polar surface area (TPSA) is 71.5 Å². The molecule has 2 N–H and O–H groups in total. The number of aromatic carboxylic acids is 1. The Balaban J connectivity index is 1.57. The summed E-state index contributed by atoms with van der Waals surface area (Å²) in [6.45, 7) is 0.633. The van der Waals surface area contributed by atoms with Crippen molar-refractivity contribution in [2.75, 3.05) is 11.9 Å². The van der Waals surface area contributed by atoms with E-state index in [1.54, 1.807) is 6.07 Å². The van der Waals surface area contributed by atoms with Crippen molar-refractivity contribution in [3.05, 3.63) is 53.7 Å². The van der Waals surface area contributed by atoms with Gasteiger partial charge in [-0.3, -0.25) is 0 Å². The largest absolute Gasteiger partial charge is 0.488 e. The Bertz CT molecular complexity index is 600. The summed E-state index contributed by atoms with van der Waals surface area (Å²) < 4.78 is 5.81. The van der Waals surface area contributed by atoms with Gasteiger partial charge in [0.1, 0.15) is 17.7 Å². The number of carbonyl (C=O) groups is 1. The molecule has 5 nitrogen and oxygen atoms in total. The van der Waals surface area contributed by atoms with Crippen molar-refractivity contribution in [3.63, 3.8) is 0 Å². The van der Waals surface area contributed by atoms with Gasteiger partial charge in [-0.2, -0.15) is 0 Å². The van der Waals surface area contributed by atoms with Crippen molar-refractivity contribution in [2.45, 2.75) is 12.5 Å². The summed E-state index contributed by atoms with van der Waals surface area (Å²) in [5.74, 6) is 0.613. The lowest BCUT2D eigenvalue weighted by Gasteiger charge is -2.12. The van der Waals surface area contributed by atoms with Crippen LogP contribution in [-0.4, -0.2) is 28.7 Å². The van der Waals surface area contributed by atoms with Crippen LogP contribution in [0.4, 0.5) is 5.82 Å². The Kier molecular flexibility index (Phi) is 3.25. The Morgan fingerprint density at radius 2 is 2.20 bits per heavy atom.